The molecule has 0 heterocycles. The smallest absolute Gasteiger partial charge is 0.342 e. The van der Waals surface area contributed by atoms with Gasteiger partial charge in [-0.15, -0.1) is 0 Å². The third-order valence-electron chi connectivity index (χ3n) is 3.92. The van der Waals surface area contributed by atoms with Gasteiger partial charge in [-0.05, 0) is 18.2 Å². The largest absolute Gasteiger partial charge is 0.507 e. The van der Waals surface area contributed by atoms with Crippen LogP contribution in [0, 0.1) is 5.82 Å². The number of phenolic OH excluding ortho intramolecular Hbond substituents is 2. The van der Waals surface area contributed by atoms with Gasteiger partial charge in [-0.2, -0.15) is 0 Å². The molecule has 29 heavy (non-hydrogen) atoms. The van der Waals surface area contributed by atoms with E-state index in [1.165, 1.54) is 24.3 Å². The maximum Gasteiger partial charge on any atom is 0.342 e. The molecule has 0 aliphatic carbocycles. The summed E-state index contributed by atoms with van der Waals surface area (Å²) in [6.45, 7) is -0.837. The lowest BCUT2D eigenvalue weighted by atomic mass is 10.0. The topological polar surface area (TPSA) is 125 Å². The average molecular weight is 398 g/mol. The van der Waals surface area contributed by atoms with E-state index in [4.69, 9.17) is 4.74 Å². The molecule has 0 unspecified atom stereocenters. The number of amides is 3. The van der Waals surface area contributed by atoms with Crippen LogP contribution in [0.5, 0.6) is 11.5 Å². The van der Waals surface area contributed by atoms with Crippen LogP contribution in [-0.4, -0.2) is 34.7 Å². The highest BCUT2D eigenvalue weighted by molar-refractivity contribution is 6.05. The monoisotopic (exact) mass is 398 g/mol. The Morgan fingerprint density at radius 2 is 1.62 bits per heavy atom. The van der Waals surface area contributed by atoms with Gasteiger partial charge in [0, 0.05) is 10.8 Å². The number of benzene rings is 3. The number of hydrogen-bond donors (Lipinski definition) is 4. The van der Waals surface area contributed by atoms with Gasteiger partial charge < -0.3 is 20.3 Å². The Morgan fingerprint density at radius 1 is 0.966 bits per heavy atom. The molecule has 148 valence electrons. The van der Waals surface area contributed by atoms with Crippen molar-refractivity contribution in [3.8, 4) is 11.5 Å². The highest BCUT2D eigenvalue weighted by Crippen LogP contribution is 2.35. The maximum atomic E-state index is 13.5. The molecule has 3 rings (SSSR count). The summed E-state index contributed by atoms with van der Waals surface area (Å²) in [6, 6.07) is 11.7. The fourth-order valence-electron chi connectivity index (χ4n) is 2.58. The van der Waals surface area contributed by atoms with Crippen LogP contribution in [0.3, 0.4) is 0 Å². The molecule has 0 bridgehead atoms. The normalized spacial score (nSPS) is 10.4. The van der Waals surface area contributed by atoms with Crippen molar-refractivity contribution in [2.24, 2.45) is 0 Å². The molecule has 8 nitrogen and oxygen atoms in total. The van der Waals surface area contributed by atoms with Crippen LogP contribution < -0.4 is 10.6 Å². The van der Waals surface area contributed by atoms with Crippen LogP contribution in [0.15, 0.2) is 54.6 Å². The molecular formula is C20H15FN2O6. The predicted molar refractivity (Wildman–Crippen MR) is 101 cm³/mol. The van der Waals surface area contributed by atoms with Crippen molar-refractivity contribution in [1.82, 2.24) is 5.32 Å². The summed E-state index contributed by atoms with van der Waals surface area (Å²) in [4.78, 5) is 35.6. The molecule has 0 aromatic heterocycles. The van der Waals surface area contributed by atoms with Crippen molar-refractivity contribution in [2.75, 3.05) is 11.9 Å². The minimum absolute atomic E-state index is 0.133. The average Bonchev–Trinajstić information content (AvgIpc) is 2.70. The molecule has 0 saturated heterocycles. The zero-order valence-corrected chi connectivity index (χ0v) is 14.8. The standard InChI is InChI=1S/C20H15FN2O6/c21-14-7-3-4-8-15(14)22-20(28)23-17(25)10-29-19(27)13-9-16(24)11-5-1-2-6-12(11)18(13)26/h1-9,24,26H,10H2,(H2,22,23,25,28). The molecule has 0 spiro atoms. The SMILES string of the molecule is O=C(COC(=O)c1cc(O)c2ccccc2c1O)NC(=O)Nc1ccccc1F. The fourth-order valence-corrected chi connectivity index (χ4v) is 2.58. The van der Waals surface area contributed by atoms with Gasteiger partial charge in [-0.3, -0.25) is 10.1 Å². The summed E-state index contributed by atoms with van der Waals surface area (Å²) in [5, 5.41) is 24.8. The molecule has 0 aliphatic heterocycles. The number of carbonyl (C=O) groups is 3. The summed E-state index contributed by atoms with van der Waals surface area (Å²) < 4.78 is 18.2. The Morgan fingerprint density at radius 3 is 2.34 bits per heavy atom. The quantitative estimate of drug-likeness (QED) is 0.396. The van der Waals surface area contributed by atoms with Gasteiger partial charge in [0.2, 0.25) is 0 Å². The van der Waals surface area contributed by atoms with Crippen molar-refractivity contribution in [3.63, 3.8) is 0 Å². The summed E-state index contributed by atoms with van der Waals surface area (Å²) in [6.07, 6.45) is 0. The first kappa shape index (κ1) is 19.6. The second-order valence-electron chi connectivity index (χ2n) is 5.90. The third-order valence-corrected chi connectivity index (χ3v) is 3.92. The lowest BCUT2D eigenvalue weighted by molar-refractivity contribution is -0.123. The zero-order valence-electron chi connectivity index (χ0n) is 14.8. The van der Waals surface area contributed by atoms with Crippen LogP contribution in [-0.2, 0) is 9.53 Å². The van der Waals surface area contributed by atoms with E-state index in [0.717, 1.165) is 12.1 Å². The first-order chi connectivity index (χ1) is 13.9. The maximum absolute atomic E-state index is 13.5. The highest BCUT2D eigenvalue weighted by Gasteiger charge is 2.19. The number of phenols is 2. The number of fused-ring (bicyclic) bond motifs is 1. The van der Waals surface area contributed by atoms with Crippen LogP contribution in [0.1, 0.15) is 10.4 Å². The number of urea groups is 1. The van der Waals surface area contributed by atoms with E-state index >= 15 is 0 Å². The number of halogens is 1. The van der Waals surface area contributed by atoms with Crippen LogP contribution in [0.25, 0.3) is 10.8 Å². The van der Waals surface area contributed by atoms with E-state index in [-0.39, 0.29) is 22.4 Å². The van der Waals surface area contributed by atoms with Gasteiger partial charge in [0.25, 0.3) is 5.91 Å². The molecule has 3 aromatic carbocycles. The van der Waals surface area contributed by atoms with Crippen LogP contribution >= 0.6 is 0 Å². The highest BCUT2D eigenvalue weighted by atomic mass is 19.1. The number of para-hydroxylation sites is 1. The Hall–Kier alpha value is -4.14. The zero-order chi connectivity index (χ0) is 21.0. The lowest BCUT2D eigenvalue weighted by Gasteiger charge is -2.10. The Kier molecular flexibility index (Phi) is 5.59. The van der Waals surface area contributed by atoms with Crippen molar-refractivity contribution in [2.45, 2.75) is 0 Å². The second-order valence-corrected chi connectivity index (χ2v) is 5.90. The number of carbonyl (C=O) groups excluding carboxylic acids is 3. The Balaban J connectivity index is 1.61. The summed E-state index contributed by atoms with van der Waals surface area (Å²) in [5.74, 6) is -3.40. The van der Waals surface area contributed by atoms with E-state index < -0.39 is 36.1 Å². The molecule has 0 radical (unpaired) electrons. The van der Waals surface area contributed by atoms with E-state index in [9.17, 15) is 29.0 Å². The Labute approximate surface area is 163 Å². The summed E-state index contributed by atoms with van der Waals surface area (Å²) in [7, 11) is 0. The Bertz CT molecular complexity index is 1120. The van der Waals surface area contributed by atoms with Gasteiger partial charge in [0.1, 0.15) is 22.9 Å². The lowest BCUT2D eigenvalue weighted by Crippen LogP contribution is -2.37. The van der Waals surface area contributed by atoms with E-state index in [0.29, 0.717) is 5.39 Å². The van der Waals surface area contributed by atoms with Gasteiger partial charge >= 0.3 is 12.0 Å². The minimum atomic E-state index is -1.08. The van der Waals surface area contributed by atoms with E-state index in [1.54, 1.807) is 18.2 Å². The molecule has 0 fully saturated rings. The number of hydrogen-bond acceptors (Lipinski definition) is 6. The van der Waals surface area contributed by atoms with E-state index in [2.05, 4.69) is 5.32 Å². The number of aromatic hydroxyl groups is 2. The molecular weight excluding hydrogens is 383 g/mol. The molecule has 0 aliphatic rings. The second kappa shape index (κ2) is 8.26. The molecule has 3 amide bonds. The van der Waals surface area contributed by atoms with Crippen LogP contribution in [0.4, 0.5) is 14.9 Å². The first-order valence-corrected chi connectivity index (χ1v) is 8.33. The predicted octanol–water partition coefficient (Wildman–Crippen LogP) is 2.90. The fraction of sp³-hybridized carbons (Fsp3) is 0.0500. The molecule has 4 N–H and O–H groups in total. The molecule has 3 aromatic rings. The molecule has 0 atom stereocenters. The minimum Gasteiger partial charge on any atom is -0.507 e. The number of nitrogens with one attached hydrogen (secondary N) is 2. The van der Waals surface area contributed by atoms with E-state index in [1.807, 2.05) is 5.32 Å². The third kappa shape index (κ3) is 4.41. The van der Waals surface area contributed by atoms with Crippen molar-refractivity contribution >= 4 is 34.4 Å². The van der Waals surface area contributed by atoms with Gasteiger partial charge in [0.05, 0.1) is 5.69 Å². The number of esters is 1. The number of ether oxygens (including phenoxy) is 1. The number of anilines is 1. The molecule has 0 saturated carbocycles. The van der Waals surface area contributed by atoms with Crippen molar-refractivity contribution in [1.29, 1.82) is 0 Å². The van der Waals surface area contributed by atoms with Gasteiger partial charge in [-0.25, -0.2) is 14.0 Å². The van der Waals surface area contributed by atoms with Crippen molar-refractivity contribution in [3.05, 3.63) is 66.0 Å². The van der Waals surface area contributed by atoms with Crippen LogP contribution in [0.2, 0.25) is 0 Å². The first-order valence-electron chi connectivity index (χ1n) is 8.33. The molecule has 9 heteroatoms. The summed E-state index contributed by atoms with van der Waals surface area (Å²) >= 11 is 0. The summed E-state index contributed by atoms with van der Waals surface area (Å²) in [5.41, 5.74) is -0.476. The number of imide groups is 1. The van der Waals surface area contributed by atoms with Gasteiger partial charge in [-0.1, -0.05) is 36.4 Å². The van der Waals surface area contributed by atoms with Gasteiger partial charge in [0.15, 0.2) is 6.61 Å². The number of rotatable bonds is 4. The van der Waals surface area contributed by atoms with Crippen molar-refractivity contribution < 1.29 is 33.7 Å².